The Labute approximate surface area is 141 Å². The summed E-state index contributed by atoms with van der Waals surface area (Å²) in [7, 11) is 0. The van der Waals surface area contributed by atoms with Gasteiger partial charge in [0.2, 0.25) is 0 Å². The predicted molar refractivity (Wildman–Crippen MR) is 95.1 cm³/mol. The molecule has 1 aliphatic rings. The van der Waals surface area contributed by atoms with Crippen molar-refractivity contribution in [2.75, 3.05) is 0 Å². The summed E-state index contributed by atoms with van der Waals surface area (Å²) in [6.07, 6.45) is 8.60. The highest BCUT2D eigenvalue weighted by Crippen LogP contribution is 2.33. The number of ether oxygens (including phenoxy) is 1. The third kappa shape index (κ3) is 5.98. The number of carbonyl (C=O) groups excluding carboxylic acids is 1. The Morgan fingerprint density at radius 1 is 1.39 bits per heavy atom. The Morgan fingerprint density at radius 2 is 2.04 bits per heavy atom. The van der Waals surface area contributed by atoms with Crippen molar-refractivity contribution >= 4 is 5.97 Å². The first-order valence-corrected chi connectivity index (χ1v) is 8.53. The number of carbonyl (C=O) groups is 1. The van der Waals surface area contributed by atoms with Gasteiger partial charge in [0.1, 0.15) is 6.10 Å². The van der Waals surface area contributed by atoms with Crippen LogP contribution in [0.1, 0.15) is 67.2 Å². The van der Waals surface area contributed by atoms with E-state index in [0.29, 0.717) is 12.0 Å². The summed E-state index contributed by atoms with van der Waals surface area (Å²) in [6.45, 7) is 11.9. The van der Waals surface area contributed by atoms with Crippen molar-refractivity contribution in [3.63, 3.8) is 0 Å². The van der Waals surface area contributed by atoms with E-state index in [1.165, 1.54) is 5.57 Å². The van der Waals surface area contributed by atoms with Crippen LogP contribution >= 0.6 is 0 Å². The van der Waals surface area contributed by atoms with E-state index in [1.807, 2.05) is 19.9 Å². The van der Waals surface area contributed by atoms with E-state index in [1.54, 1.807) is 13.0 Å². The topological polar surface area (TPSA) is 46.5 Å². The van der Waals surface area contributed by atoms with Crippen molar-refractivity contribution in [2.45, 2.75) is 79.4 Å². The normalized spacial score (nSPS) is 26.7. The number of aliphatic hydroxyl groups excluding tert-OH is 1. The fourth-order valence-electron chi connectivity index (χ4n) is 2.66. The minimum absolute atomic E-state index is 0.171. The maximum absolute atomic E-state index is 12.2. The van der Waals surface area contributed by atoms with Crippen molar-refractivity contribution in [3.8, 4) is 0 Å². The van der Waals surface area contributed by atoms with Crippen molar-refractivity contribution in [1.82, 2.24) is 0 Å². The molecule has 2 unspecified atom stereocenters. The number of hydrogen-bond donors (Lipinski definition) is 1. The lowest BCUT2D eigenvalue weighted by Gasteiger charge is -2.33. The van der Waals surface area contributed by atoms with Gasteiger partial charge in [-0.1, -0.05) is 31.6 Å². The first-order valence-electron chi connectivity index (χ1n) is 8.53. The molecule has 0 heterocycles. The highest BCUT2D eigenvalue weighted by atomic mass is 16.5. The molecule has 0 aromatic heterocycles. The van der Waals surface area contributed by atoms with Crippen LogP contribution in [-0.4, -0.2) is 23.3 Å². The maximum atomic E-state index is 12.2. The van der Waals surface area contributed by atoms with Crippen LogP contribution < -0.4 is 0 Å². The lowest BCUT2D eigenvalue weighted by molar-refractivity contribution is -0.147. The van der Waals surface area contributed by atoms with E-state index in [2.05, 4.69) is 26.8 Å². The third-order valence-electron chi connectivity index (χ3n) is 4.78. The molecule has 0 radical (unpaired) electrons. The molecule has 3 heteroatoms. The standard InChI is InChI=1S/C20H32O3/c1-7-15(3)19(22)23-18-13-16(4)17(21)11-10-14(2)9-8-12-20(18,5)6/h7,10,13,17-18,21H,8-9,11-12H2,1-6H3. The van der Waals surface area contributed by atoms with Gasteiger partial charge in [-0.15, -0.1) is 0 Å². The molecule has 0 aliphatic heterocycles. The minimum Gasteiger partial charge on any atom is -0.454 e. The number of esters is 1. The van der Waals surface area contributed by atoms with Gasteiger partial charge < -0.3 is 9.84 Å². The second kappa shape index (κ2) is 8.49. The number of hydrogen-bond acceptors (Lipinski definition) is 3. The zero-order valence-electron chi connectivity index (χ0n) is 15.5. The summed E-state index contributed by atoms with van der Waals surface area (Å²) < 4.78 is 5.77. The smallest absolute Gasteiger partial charge is 0.333 e. The highest BCUT2D eigenvalue weighted by Gasteiger charge is 2.32. The van der Waals surface area contributed by atoms with Crippen LogP contribution in [0.5, 0.6) is 0 Å². The largest absolute Gasteiger partial charge is 0.454 e. The van der Waals surface area contributed by atoms with Gasteiger partial charge in [-0.25, -0.2) is 4.79 Å². The maximum Gasteiger partial charge on any atom is 0.333 e. The SMILES string of the molecule is CC=C(C)C(=O)OC1C=C(C)C(O)CC=C(C)CCCC1(C)C. The first kappa shape index (κ1) is 19.7. The van der Waals surface area contributed by atoms with E-state index >= 15 is 0 Å². The molecular formula is C20H32O3. The molecule has 0 spiro atoms. The summed E-state index contributed by atoms with van der Waals surface area (Å²) >= 11 is 0. The summed E-state index contributed by atoms with van der Waals surface area (Å²) in [5, 5.41) is 10.3. The molecule has 0 fully saturated rings. The fraction of sp³-hybridized carbons (Fsp3) is 0.650. The van der Waals surface area contributed by atoms with Crippen LogP contribution in [0.2, 0.25) is 0 Å². The summed E-state index contributed by atoms with van der Waals surface area (Å²) in [6, 6.07) is 0. The van der Waals surface area contributed by atoms with Gasteiger partial charge in [0.05, 0.1) is 6.10 Å². The van der Waals surface area contributed by atoms with E-state index in [-0.39, 0.29) is 17.5 Å². The van der Waals surface area contributed by atoms with E-state index in [0.717, 1.165) is 24.8 Å². The van der Waals surface area contributed by atoms with Crippen molar-refractivity contribution in [1.29, 1.82) is 0 Å². The van der Waals surface area contributed by atoms with E-state index in [4.69, 9.17) is 4.74 Å². The van der Waals surface area contributed by atoms with Gasteiger partial charge in [0.25, 0.3) is 0 Å². The number of aliphatic hydroxyl groups is 1. The molecule has 0 amide bonds. The average Bonchev–Trinajstić information content (AvgIpc) is 2.50. The van der Waals surface area contributed by atoms with E-state index < -0.39 is 6.10 Å². The summed E-state index contributed by atoms with van der Waals surface area (Å²) in [5.74, 6) is -0.284. The van der Waals surface area contributed by atoms with Gasteiger partial charge in [0, 0.05) is 11.0 Å². The zero-order chi connectivity index (χ0) is 17.6. The van der Waals surface area contributed by atoms with Gasteiger partial charge >= 0.3 is 5.97 Å². The third-order valence-corrected chi connectivity index (χ3v) is 4.78. The molecule has 0 aromatic rings. The lowest BCUT2D eigenvalue weighted by atomic mass is 9.80. The Kier molecular flexibility index (Phi) is 7.27. The van der Waals surface area contributed by atoms with Crippen molar-refractivity contribution < 1.29 is 14.6 Å². The molecule has 0 aromatic carbocycles. The monoisotopic (exact) mass is 320 g/mol. The quantitative estimate of drug-likeness (QED) is 0.455. The van der Waals surface area contributed by atoms with Crippen LogP contribution in [-0.2, 0) is 9.53 Å². The van der Waals surface area contributed by atoms with Crippen LogP contribution in [0, 0.1) is 5.41 Å². The highest BCUT2D eigenvalue weighted by molar-refractivity contribution is 5.87. The van der Waals surface area contributed by atoms with E-state index in [9.17, 15) is 9.90 Å². The van der Waals surface area contributed by atoms with Crippen LogP contribution in [0.15, 0.2) is 34.9 Å². The molecule has 0 bridgehead atoms. The molecule has 2 atom stereocenters. The Morgan fingerprint density at radius 3 is 2.65 bits per heavy atom. The Bertz CT molecular complexity index is 509. The van der Waals surface area contributed by atoms with Crippen LogP contribution in [0.3, 0.4) is 0 Å². The average molecular weight is 320 g/mol. The zero-order valence-corrected chi connectivity index (χ0v) is 15.5. The number of allylic oxidation sites excluding steroid dienone is 2. The van der Waals surface area contributed by atoms with Crippen molar-refractivity contribution in [3.05, 3.63) is 34.9 Å². The molecule has 1 N–H and O–H groups in total. The van der Waals surface area contributed by atoms with Gasteiger partial charge in [0.15, 0.2) is 0 Å². The lowest BCUT2D eigenvalue weighted by Crippen LogP contribution is -2.33. The minimum atomic E-state index is -0.525. The second-order valence-electron chi connectivity index (χ2n) is 7.35. The van der Waals surface area contributed by atoms with Gasteiger partial charge in [-0.3, -0.25) is 0 Å². The first-order chi connectivity index (χ1) is 10.7. The second-order valence-corrected chi connectivity index (χ2v) is 7.35. The predicted octanol–water partition coefficient (Wildman–Crippen LogP) is 4.72. The van der Waals surface area contributed by atoms with Crippen LogP contribution in [0.4, 0.5) is 0 Å². The van der Waals surface area contributed by atoms with Crippen LogP contribution in [0.25, 0.3) is 0 Å². The van der Waals surface area contributed by atoms with Gasteiger partial charge in [-0.05, 0) is 65.0 Å². The molecule has 23 heavy (non-hydrogen) atoms. The molecule has 3 nitrogen and oxygen atoms in total. The van der Waals surface area contributed by atoms with Crippen molar-refractivity contribution in [2.24, 2.45) is 5.41 Å². The summed E-state index contributed by atoms with van der Waals surface area (Å²) in [4.78, 5) is 12.2. The fourth-order valence-corrected chi connectivity index (χ4v) is 2.66. The molecule has 0 saturated heterocycles. The summed E-state index contributed by atoms with van der Waals surface area (Å²) in [5.41, 5.74) is 2.61. The number of rotatable bonds is 2. The molecule has 0 saturated carbocycles. The molecule has 1 aliphatic carbocycles. The molecular weight excluding hydrogens is 288 g/mol. The molecule has 1 rings (SSSR count). The Hall–Kier alpha value is -1.35. The Balaban J connectivity index is 3.09. The molecule has 130 valence electrons. The van der Waals surface area contributed by atoms with Gasteiger partial charge in [-0.2, -0.15) is 0 Å².